The van der Waals surface area contributed by atoms with E-state index in [-0.39, 0.29) is 0 Å². The van der Waals surface area contributed by atoms with Crippen molar-refractivity contribution in [2.24, 2.45) is 0 Å². The Bertz CT molecular complexity index is 1440. The minimum Gasteiger partial charge on any atom is -0.494 e. The Morgan fingerprint density at radius 1 is 0.806 bits per heavy atom. The van der Waals surface area contributed by atoms with Gasteiger partial charge in [0.1, 0.15) is 17.1 Å². The van der Waals surface area contributed by atoms with Crippen LogP contribution in [0.15, 0.2) is 48.8 Å². The molecule has 4 aromatic heterocycles. The van der Waals surface area contributed by atoms with Crippen LogP contribution in [0.4, 0.5) is 8.78 Å². The predicted octanol–water partition coefficient (Wildman–Crippen LogP) is 4.91. The molecular formula is C23H17F2N5O. The third-order valence-corrected chi connectivity index (χ3v) is 5.24. The molecule has 0 unspecified atom stereocenters. The fraction of sp³-hybridized carbons (Fsp3) is 0.130. The zero-order valence-electron chi connectivity index (χ0n) is 17.0. The van der Waals surface area contributed by atoms with Crippen molar-refractivity contribution in [1.82, 2.24) is 24.3 Å². The Balaban J connectivity index is 1.90. The number of ether oxygens (including phenoxy) is 1. The third-order valence-electron chi connectivity index (χ3n) is 5.24. The van der Waals surface area contributed by atoms with Crippen molar-refractivity contribution in [1.29, 1.82) is 0 Å². The smallest absolute Gasteiger partial charge is 0.212 e. The maximum atomic E-state index is 13.4. The molecule has 0 bridgehead atoms. The first kappa shape index (κ1) is 19.0. The summed E-state index contributed by atoms with van der Waals surface area (Å²) in [5.74, 6) is 0.0765. The molecule has 6 nitrogen and oxygen atoms in total. The number of hydrogen-bond donors (Lipinski definition) is 0. The number of imidazole rings is 1. The van der Waals surface area contributed by atoms with Crippen LogP contribution in [0.2, 0.25) is 0 Å². The van der Waals surface area contributed by atoms with E-state index in [0.717, 1.165) is 33.5 Å². The van der Waals surface area contributed by atoms with Gasteiger partial charge in [-0.1, -0.05) is 0 Å². The van der Waals surface area contributed by atoms with Crippen molar-refractivity contribution in [3.05, 3.63) is 72.1 Å². The summed E-state index contributed by atoms with van der Waals surface area (Å²) < 4.78 is 34.4. The number of aryl methyl sites for hydroxylation is 2. The average molecular weight is 417 g/mol. The highest BCUT2D eigenvalue weighted by atomic mass is 19.1. The molecule has 4 heterocycles. The highest BCUT2D eigenvalue weighted by Gasteiger charge is 2.19. The van der Waals surface area contributed by atoms with Gasteiger partial charge >= 0.3 is 0 Å². The number of pyridine rings is 2. The summed E-state index contributed by atoms with van der Waals surface area (Å²) in [6.07, 6.45) is 2.93. The second-order valence-electron chi connectivity index (χ2n) is 7.19. The number of aromatic nitrogens is 5. The maximum absolute atomic E-state index is 13.4. The highest BCUT2D eigenvalue weighted by Crippen LogP contribution is 2.35. The molecule has 8 heteroatoms. The van der Waals surface area contributed by atoms with Crippen molar-refractivity contribution < 1.29 is 13.5 Å². The molecule has 0 aliphatic carbocycles. The molecule has 0 saturated carbocycles. The molecule has 0 atom stereocenters. The van der Waals surface area contributed by atoms with Crippen LogP contribution in [0.1, 0.15) is 11.4 Å². The van der Waals surface area contributed by atoms with Crippen molar-refractivity contribution >= 4 is 16.6 Å². The Labute approximate surface area is 176 Å². The van der Waals surface area contributed by atoms with Crippen molar-refractivity contribution in [3.8, 4) is 28.3 Å². The number of methoxy groups -OCH3 is 1. The topological polar surface area (TPSA) is 65.2 Å². The third kappa shape index (κ3) is 3.07. The number of halogens is 2. The van der Waals surface area contributed by atoms with Crippen LogP contribution in [0.3, 0.4) is 0 Å². The van der Waals surface area contributed by atoms with E-state index in [1.54, 1.807) is 19.2 Å². The molecule has 154 valence electrons. The minimum atomic E-state index is -0.559. The molecule has 0 radical (unpaired) electrons. The van der Waals surface area contributed by atoms with Gasteiger partial charge < -0.3 is 4.74 Å². The molecule has 0 saturated heterocycles. The number of rotatable bonds is 3. The van der Waals surface area contributed by atoms with Gasteiger partial charge in [0.25, 0.3) is 0 Å². The lowest BCUT2D eigenvalue weighted by Gasteiger charge is -2.13. The molecule has 0 aliphatic heterocycles. The fourth-order valence-electron chi connectivity index (χ4n) is 3.85. The number of nitrogens with zero attached hydrogens (tertiary/aromatic N) is 5. The van der Waals surface area contributed by atoms with Crippen LogP contribution in [0, 0.1) is 25.7 Å². The van der Waals surface area contributed by atoms with Crippen LogP contribution < -0.4 is 4.74 Å². The lowest BCUT2D eigenvalue weighted by molar-refractivity contribution is 0.419. The van der Waals surface area contributed by atoms with E-state index >= 15 is 0 Å². The molecule has 5 rings (SSSR count). The van der Waals surface area contributed by atoms with E-state index in [2.05, 4.69) is 9.97 Å². The highest BCUT2D eigenvalue weighted by molar-refractivity contribution is 5.91. The minimum absolute atomic E-state index is 0.549. The number of hydrogen-bond acceptors (Lipinski definition) is 5. The van der Waals surface area contributed by atoms with Gasteiger partial charge in [-0.15, -0.1) is 0 Å². The monoisotopic (exact) mass is 417 g/mol. The Hall–Kier alpha value is -3.94. The SMILES string of the molecule is COc1cc(-c2ccc(F)nc2)cc2c1nc(C)c1c(C)nc(-c3ccc(F)nc3)n12. The van der Waals surface area contributed by atoms with Crippen molar-refractivity contribution in [2.45, 2.75) is 13.8 Å². The van der Waals surface area contributed by atoms with E-state index in [4.69, 9.17) is 14.7 Å². The predicted molar refractivity (Wildman–Crippen MR) is 113 cm³/mol. The Kier molecular flexibility index (Phi) is 4.35. The van der Waals surface area contributed by atoms with E-state index < -0.39 is 11.9 Å². The molecule has 0 fully saturated rings. The first-order valence-electron chi connectivity index (χ1n) is 9.57. The molecule has 31 heavy (non-hydrogen) atoms. The van der Waals surface area contributed by atoms with Gasteiger partial charge in [-0.3, -0.25) is 4.40 Å². The summed E-state index contributed by atoms with van der Waals surface area (Å²) in [6, 6.07) is 9.70. The molecule has 0 amide bonds. The van der Waals surface area contributed by atoms with Gasteiger partial charge in [0.05, 0.1) is 29.5 Å². The van der Waals surface area contributed by atoms with Crippen LogP contribution in [-0.2, 0) is 0 Å². The maximum Gasteiger partial charge on any atom is 0.212 e. The van der Waals surface area contributed by atoms with Gasteiger partial charge in [0.2, 0.25) is 11.9 Å². The van der Waals surface area contributed by atoms with E-state index in [9.17, 15) is 8.78 Å². The van der Waals surface area contributed by atoms with Crippen molar-refractivity contribution in [2.75, 3.05) is 7.11 Å². The second-order valence-corrected chi connectivity index (χ2v) is 7.19. The quantitative estimate of drug-likeness (QED) is 0.390. The lowest BCUT2D eigenvalue weighted by atomic mass is 10.1. The van der Waals surface area contributed by atoms with Gasteiger partial charge in [-0.25, -0.2) is 19.9 Å². The molecule has 0 aliphatic rings. The van der Waals surface area contributed by atoms with Crippen LogP contribution in [0.5, 0.6) is 5.75 Å². The normalized spacial score (nSPS) is 11.4. The van der Waals surface area contributed by atoms with Crippen LogP contribution >= 0.6 is 0 Å². The molecule has 0 N–H and O–H groups in total. The summed E-state index contributed by atoms with van der Waals surface area (Å²) in [7, 11) is 1.58. The molecule has 1 aromatic carbocycles. The summed E-state index contributed by atoms with van der Waals surface area (Å²) in [5, 5.41) is 0. The largest absolute Gasteiger partial charge is 0.494 e. The van der Waals surface area contributed by atoms with Gasteiger partial charge in [-0.2, -0.15) is 8.78 Å². The summed E-state index contributed by atoms with van der Waals surface area (Å²) in [4.78, 5) is 17.0. The van der Waals surface area contributed by atoms with Crippen LogP contribution in [-0.4, -0.2) is 31.4 Å². The zero-order chi connectivity index (χ0) is 21.7. The van der Waals surface area contributed by atoms with Gasteiger partial charge in [-0.05, 0) is 55.8 Å². The summed E-state index contributed by atoms with van der Waals surface area (Å²) >= 11 is 0. The summed E-state index contributed by atoms with van der Waals surface area (Å²) in [5.41, 5.74) is 6.02. The fourth-order valence-corrected chi connectivity index (χ4v) is 3.85. The molecule has 0 spiro atoms. The van der Waals surface area contributed by atoms with Gasteiger partial charge in [0, 0.05) is 23.5 Å². The Morgan fingerprint density at radius 2 is 1.45 bits per heavy atom. The van der Waals surface area contributed by atoms with E-state index in [1.165, 1.54) is 24.5 Å². The zero-order valence-corrected chi connectivity index (χ0v) is 17.0. The second kappa shape index (κ2) is 7.09. The standard InChI is InChI=1S/C23H17F2N5O/c1-12-22-13(2)29-23(15-5-7-20(25)27-11-15)30(22)17-8-16(9-18(31-3)21(17)28-12)14-4-6-19(24)26-10-14/h4-11H,1-3H3. The summed E-state index contributed by atoms with van der Waals surface area (Å²) in [6.45, 7) is 3.81. The van der Waals surface area contributed by atoms with Crippen molar-refractivity contribution in [3.63, 3.8) is 0 Å². The van der Waals surface area contributed by atoms with Crippen LogP contribution in [0.25, 0.3) is 39.1 Å². The van der Waals surface area contributed by atoms with E-state index in [0.29, 0.717) is 22.7 Å². The number of fused-ring (bicyclic) bond motifs is 3. The molecular weight excluding hydrogens is 400 g/mol. The molecule has 5 aromatic rings. The van der Waals surface area contributed by atoms with E-state index in [1.807, 2.05) is 30.4 Å². The average Bonchev–Trinajstić information content (AvgIpc) is 3.12. The van der Waals surface area contributed by atoms with Gasteiger partial charge in [0.15, 0.2) is 0 Å². The first-order chi connectivity index (χ1) is 15.0. The Morgan fingerprint density at radius 3 is 2.06 bits per heavy atom. The first-order valence-corrected chi connectivity index (χ1v) is 9.57. The number of benzene rings is 1. The lowest BCUT2D eigenvalue weighted by Crippen LogP contribution is -2.00.